The fourth-order valence-electron chi connectivity index (χ4n) is 3.06. The Kier molecular flexibility index (Phi) is 3.01. The smallest absolute Gasteiger partial charge is 0.410 e. The van der Waals surface area contributed by atoms with E-state index in [0.717, 1.165) is 5.56 Å². The number of likely N-dealkylation sites (tertiary alicyclic amines) is 1. The lowest BCUT2D eigenvalue weighted by Crippen LogP contribution is -2.70. The molecular formula is C17H19NO6. The minimum atomic E-state index is -0.554. The zero-order valence-corrected chi connectivity index (χ0v) is 13.9. The van der Waals surface area contributed by atoms with Gasteiger partial charge in [-0.05, 0) is 32.9 Å². The van der Waals surface area contributed by atoms with Gasteiger partial charge in [0.05, 0.1) is 18.7 Å². The molecule has 0 aliphatic carbocycles. The number of esters is 1. The standard InChI is InChI=1S/C17H19NO6/c1-16(2,3)24-15(20)18-7-17(8-18)9-22-12-5-11-10(4-13(12)23-17)6-21-14(11)19/h4-5H,6-9H2,1-3H3. The van der Waals surface area contributed by atoms with E-state index in [-0.39, 0.29) is 18.7 Å². The second-order valence-corrected chi connectivity index (χ2v) is 7.44. The van der Waals surface area contributed by atoms with E-state index in [4.69, 9.17) is 18.9 Å². The average molecular weight is 333 g/mol. The average Bonchev–Trinajstić information content (AvgIpc) is 2.81. The lowest BCUT2D eigenvalue weighted by atomic mass is 9.94. The highest BCUT2D eigenvalue weighted by atomic mass is 16.6. The molecule has 1 spiro atoms. The van der Waals surface area contributed by atoms with Gasteiger partial charge in [-0.15, -0.1) is 0 Å². The summed E-state index contributed by atoms with van der Waals surface area (Å²) in [5, 5.41) is 0. The Morgan fingerprint density at radius 1 is 1.21 bits per heavy atom. The summed E-state index contributed by atoms with van der Waals surface area (Å²) in [4.78, 5) is 25.3. The molecule has 0 N–H and O–H groups in total. The monoisotopic (exact) mass is 333 g/mol. The highest BCUT2D eigenvalue weighted by molar-refractivity contribution is 5.94. The van der Waals surface area contributed by atoms with Crippen LogP contribution in [0, 0.1) is 0 Å². The van der Waals surface area contributed by atoms with Crippen molar-refractivity contribution >= 4 is 12.1 Å². The maximum atomic E-state index is 12.1. The molecule has 3 aliphatic rings. The normalized spacial score (nSPS) is 20.3. The molecule has 0 unspecified atom stereocenters. The van der Waals surface area contributed by atoms with Gasteiger partial charge in [0.25, 0.3) is 0 Å². The maximum Gasteiger partial charge on any atom is 0.410 e. The zero-order chi connectivity index (χ0) is 17.1. The summed E-state index contributed by atoms with van der Waals surface area (Å²) in [5.74, 6) is 0.785. The van der Waals surface area contributed by atoms with Crippen molar-refractivity contribution in [1.29, 1.82) is 0 Å². The topological polar surface area (TPSA) is 74.3 Å². The number of hydrogen-bond acceptors (Lipinski definition) is 6. The van der Waals surface area contributed by atoms with Gasteiger partial charge in [0.2, 0.25) is 0 Å². The third kappa shape index (κ3) is 2.44. The quantitative estimate of drug-likeness (QED) is 0.677. The van der Waals surface area contributed by atoms with Crippen LogP contribution in [-0.4, -0.2) is 47.9 Å². The van der Waals surface area contributed by atoms with Crippen molar-refractivity contribution in [3.05, 3.63) is 23.3 Å². The first-order valence-electron chi connectivity index (χ1n) is 7.89. The van der Waals surface area contributed by atoms with Crippen molar-refractivity contribution < 1.29 is 28.5 Å². The molecule has 1 fully saturated rings. The van der Waals surface area contributed by atoms with E-state index in [0.29, 0.717) is 36.8 Å². The van der Waals surface area contributed by atoms with Crippen LogP contribution in [0.1, 0.15) is 36.7 Å². The zero-order valence-electron chi connectivity index (χ0n) is 13.9. The third-order valence-corrected chi connectivity index (χ3v) is 4.18. The third-order valence-electron chi connectivity index (χ3n) is 4.18. The highest BCUT2D eigenvalue weighted by Gasteiger charge is 2.52. The predicted molar refractivity (Wildman–Crippen MR) is 82.2 cm³/mol. The van der Waals surface area contributed by atoms with Crippen LogP contribution in [0.15, 0.2) is 12.1 Å². The van der Waals surface area contributed by atoms with E-state index < -0.39 is 11.2 Å². The maximum absolute atomic E-state index is 12.1. The lowest BCUT2D eigenvalue weighted by Gasteiger charge is -2.50. The fourth-order valence-corrected chi connectivity index (χ4v) is 3.06. The van der Waals surface area contributed by atoms with Gasteiger partial charge in [-0.1, -0.05) is 0 Å². The number of nitrogens with zero attached hydrogens (tertiary/aromatic N) is 1. The van der Waals surface area contributed by atoms with E-state index in [2.05, 4.69) is 0 Å². The number of rotatable bonds is 0. The first-order valence-corrected chi connectivity index (χ1v) is 7.89. The van der Waals surface area contributed by atoms with Crippen molar-refractivity contribution in [3.8, 4) is 11.5 Å². The van der Waals surface area contributed by atoms with Gasteiger partial charge in [-0.2, -0.15) is 0 Å². The Balaban J connectivity index is 1.47. The molecule has 0 aromatic heterocycles. The van der Waals surface area contributed by atoms with Crippen molar-refractivity contribution in [2.45, 2.75) is 38.6 Å². The summed E-state index contributed by atoms with van der Waals surface area (Å²) in [7, 11) is 0. The molecule has 1 aromatic carbocycles. The molecule has 7 nitrogen and oxygen atoms in total. The molecule has 0 saturated carbocycles. The predicted octanol–water partition coefficient (Wildman–Crippen LogP) is 2.12. The summed E-state index contributed by atoms with van der Waals surface area (Å²) in [6.07, 6.45) is -0.351. The van der Waals surface area contributed by atoms with Crippen LogP contribution in [-0.2, 0) is 16.1 Å². The molecule has 1 saturated heterocycles. The summed E-state index contributed by atoms with van der Waals surface area (Å²) in [6, 6.07) is 3.45. The number of benzene rings is 1. The molecule has 3 aliphatic heterocycles. The largest absolute Gasteiger partial charge is 0.485 e. The minimum absolute atomic E-state index is 0.252. The molecule has 1 aromatic rings. The second kappa shape index (κ2) is 4.78. The Labute approximate surface area is 139 Å². The molecule has 4 rings (SSSR count). The number of carbonyl (C=O) groups excluding carboxylic acids is 2. The summed E-state index contributed by atoms with van der Waals surface area (Å²) < 4.78 is 22.2. The van der Waals surface area contributed by atoms with Crippen LogP contribution < -0.4 is 9.47 Å². The Bertz CT molecular complexity index is 729. The van der Waals surface area contributed by atoms with Gasteiger partial charge in [0.1, 0.15) is 18.8 Å². The molecule has 0 radical (unpaired) electrons. The van der Waals surface area contributed by atoms with Gasteiger partial charge < -0.3 is 18.9 Å². The number of ether oxygens (including phenoxy) is 4. The van der Waals surface area contributed by atoms with E-state index in [1.165, 1.54) is 0 Å². The second-order valence-electron chi connectivity index (χ2n) is 7.44. The van der Waals surface area contributed by atoms with Gasteiger partial charge >= 0.3 is 12.1 Å². The van der Waals surface area contributed by atoms with Gasteiger partial charge in [0, 0.05) is 5.56 Å². The van der Waals surface area contributed by atoms with Crippen molar-refractivity contribution in [2.75, 3.05) is 19.7 Å². The van der Waals surface area contributed by atoms with Crippen LogP contribution >= 0.6 is 0 Å². The molecule has 24 heavy (non-hydrogen) atoms. The molecule has 0 atom stereocenters. The Hall–Kier alpha value is -2.44. The number of cyclic esters (lactones) is 1. The van der Waals surface area contributed by atoms with Crippen LogP contribution in [0.25, 0.3) is 0 Å². The number of hydrogen-bond donors (Lipinski definition) is 0. The molecule has 3 heterocycles. The Morgan fingerprint density at radius 3 is 2.67 bits per heavy atom. The van der Waals surface area contributed by atoms with E-state index in [1.807, 2.05) is 20.8 Å². The van der Waals surface area contributed by atoms with Crippen LogP contribution in [0.2, 0.25) is 0 Å². The van der Waals surface area contributed by atoms with Gasteiger partial charge in [0.15, 0.2) is 17.1 Å². The van der Waals surface area contributed by atoms with Crippen LogP contribution in [0.4, 0.5) is 4.79 Å². The summed E-state index contributed by atoms with van der Waals surface area (Å²) >= 11 is 0. The highest BCUT2D eigenvalue weighted by Crippen LogP contribution is 2.42. The van der Waals surface area contributed by atoms with Crippen LogP contribution in [0.5, 0.6) is 11.5 Å². The minimum Gasteiger partial charge on any atom is -0.485 e. The molecule has 0 bridgehead atoms. The molecular weight excluding hydrogens is 314 g/mol. The lowest BCUT2D eigenvalue weighted by molar-refractivity contribution is -0.114. The number of amides is 1. The SMILES string of the molecule is CC(C)(C)OC(=O)N1CC2(COc3cc4c(cc3O2)COC4=O)C1. The molecule has 128 valence electrons. The summed E-state index contributed by atoms with van der Waals surface area (Å²) in [6.45, 7) is 6.90. The Morgan fingerprint density at radius 2 is 1.96 bits per heavy atom. The van der Waals surface area contributed by atoms with E-state index in [9.17, 15) is 9.59 Å². The first kappa shape index (κ1) is 15.1. The molecule has 7 heteroatoms. The van der Waals surface area contributed by atoms with E-state index in [1.54, 1.807) is 17.0 Å². The van der Waals surface area contributed by atoms with Crippen molar-refractivity contribution in [3.63, 3.8) is 0 Å². The first-order chi connectivity index (χ1) is 11.2. The number of fused-ring (bicyclic) bond motifs is 2. The molecule has 1 amide bonds. The number of carbonyl (C=O) groups is 2. The fraction of sp³-hybridized carbons (Fsp3) is 0.529. The van der Waals surface area contributed by atoms with Gasteiger partial charge in [-0.25, -0.2) is 9.59 Å². The van der Waals surface area contributed by atoms with Crippen LogP contribution in [0.3, 0.4) is 0 Å². The van der Waals surface area contributed by atoms with E-state index >= 15 is 0 Å². The summed E-state index contributed by atoms with van der Waals surface area (Å²) in [5.41, 5.74) is 0.241. The van der Waals surface area contributed by atoms with Crippen molar-refractivity contribution in [1.82, 2.24) is 4.90 Å². The van der Waals surface area contributed by atoms with Gasteiger partial charge in [-0.3, -0.25) is 4.90 Å². The van der Waals surface area contributed by atoms with Crippen molar-refractivity contribution in [2.24, 2.45) is 0 Å².